The molecule has 0 bridgehead atoms. The number of carboxylic acid groups (broad SMARTS) is 1. The fourth-order valence-corrected chi connectivity index (χ4v) is 2.11. The fraction of sp³-hybridized carbons (Fsp3) is 0.812. The van der Waals surface area contributed by atoms with Crippen LogP contribution in [0, 0.1) is 0 Å². The molecule has 0 N–H and O–H groups in total. The topological polar surface area (TPSA) is 83.5 Å². The number of esters is 1. The van der Waals surface area contributed by atoms with E-state index in [1.54, 1.807) is 0 Å². The first-order chi connectivity index (χ1) is 10.1. The van der Waals surface area contributed by atoms with Gasteiger partial charge in [0, 0.05) is 31.7 Å². The molecule has 1 unspecified atom stereocenters. The molecule has 22 heavy (non-hydrogen) atoms. The van der Waals surface area contributed by atoms with E-state index in [1.807, 2.05) is 28.1 Å². The minimum absolute atomic E-state index is 0.137. The van der Waals surface area contributed by atoms with Gasteiger partial charge in [-0.25, -0.2) is 0 Å². The molecule has 0 aliphatic rings. The summed E-state index contributed by atoms with van der Waals surface area (Å²) in [5, 5.41) is 10.7. The van der Waals surface area contributed by atoms with Crippen LogP contribution in [0.25, 0.3) is 0 Å². The quantitative estimate of drug-likeness (QED) is 0.390. The second kappa shape index (κ2) is 10.3. The molecule has 0 fully saturated rings. The van der Waals surface area contributed by atoms with Crippen LogP contribution in [0.3, 0.4) is 0 Å². The first-order valence-corrected chi connectivity index (χ1v) is 7.85. The van der Waals surface area contributed by atoms with Gasteiger partial charge in [0.25, 0.3) is 0 Å². The molecule has 0 aromatic heterocycles. The molecule has 0 aliphatic carbocycles. The average Bonchev–Trinajstić information content (AvgIpc) is 2.33. The first-order valence-electron chi connectivity index (χ1n) is 7.85. The van der Waals surface area contributed by atoms with Crippen LogP contribution in [-0.2, 0) is 19.1 Å². The van der Waals surface area contributed by atoms with Crippen molar-refractivity contribution < 1.29 is 28.7 Å². The van der Waals surface area contributed by atoms with Gasteiger partial charge in [0.15, 0.2) is 6.10 Å². The molecule has 1 atom stereocenters. The Hall–Kier alpha value is -1.43. The van der Waals surface area contributed by atoms with Crippen molar-refractivity contribution >= 4 is 17.7 Å². The monoisotopic (exact) mass is 315 g/mol. The summed E-state index contributed by atoms with van der Waals surface area (Å²) in [6.07, 6.45) is 2.35. The van der Waals surface area contributed by atoms with E-state index in [1.165, 1.54) is 0 Å². The Labute approximate surface area is 133 Å². The summed E-state index contributed by atoms with van der Waals surface area (Å²) in [5.74, 6) is -1.53. The Balaban J connectivity index is 4.17. The molecular weight excluding hydrogens is 286 g/mol. The molecule has 6 nitrogen and oxygen atoms in total. The van der Waals surface area contributed by atoms with E-state index in [9.17, 15) is 19.5 Å². The standard InChI is InChI=1S/C16H29NO5/c1-5-6-8-13(18)9-7-10-16(21)22-14(11-15(19)20)12-17(2,3)4/h14H,5-12H2,1-4H3. The Bertz CT molecular complexity index is 373. The largest absolute Gasteiger partial charge is 0.550 e. The average molecular weight is 315 g/mol. The lowest BCUT2D eigenvalue weighted by Gasteiger charge is -2.29. The molecule has 0 saturated heterocycles. The number of hydrogen-bond acceptors (Lipinski definition) is 5. The third-order valence-corrected chi connectivity index (χ3v) is 3.09. The van der Waals surface area contributed by atoms with Crippen LogP contribution in [0.1, 0.15) is 51.9 Å². The van der Waals surface area contributed by atoms with Crippen LogP contribution in [-0.4, -0.2) is 56.0 Å². The zero-order chi connectivity index (χ0) is 17.2. The summed E-state index contributed by atoms with van der Waals surface area (Å²) in [6, 6.07) is 0. The molecule has 0 saturated carbocycles. The minimum Gasteiger partial charge on any atom is -0.550 e. The van der Waals surface area contributed by atoms with Crippen molar-refractivity contribution in [1.29, 1.82) is 0 Å². The summed E-state index contributed by atoms with van der Waals surface area (Å²) in [7, 11) is 5.67. The highest BCUT2D eigenvalue weighted by atomic mass is 16.5. The number of carbonyl (C=O) groups is 3. The second-order valence-corrected chi connectivity index (χ2v) is 6.66. The highest BCUT2D eigenvalue weighted by Gasteiger charge is 2.22. The van der Waals surface area contributed by atoms with Crippen molar-refractivity contribution in [2.45, 2.75) is 58.0 Å². The zero-order valence-electron chi connectivity index (χ0n) is 14.2. The number of ether oxygens (including phenoxy) is 1. The Morgan fingerprint density at radius 2 is 1.64 bits per heavy atom. The molecule has 0 aliphatic heterocycles. The van der Waals surface area contributed by atoms with Gasteiger partial charge in [-0.05, 0) is 12.8 Å². The van der Waals surface area contributed by atoms with E-state index < -0.39 is 18.0 Å². The fourth-order valence-electron chi connectivity index (χ4n) is 2.11. The number of nitrogens with zero attached hydrogens (tertiary/aromatic N) is 1. The molecule has 6 heteroatoms. The molecule has 0 amide bonds. The van der Waals surface area contributed by atoms with E-state index in [-0.39, 0.29) is 18.6 Å². The molecule has 0 aromatic rings. The maximum absolute atomic E-state index is 11.8. The third kappa shape index (κ3) is 12.3. The molecule has 0 radical (unpaired) electrons. The first kappa shape index (κ1) is 20.6. The molecular formula is C16H29NO5. The van der Waals surface area contributed by atoms with Crippen LogP contribution >= 0.6 is 0 Å². The number of likely N-dealkylation sites (N-methyl/N-ethyl adjacent to an activating group) is 1. The Morgan fingerprint density at radius 3 is 2.14 bits per heavy atom. The van der Waals surface area contributed by atoms with Gasteiger partial charge in [0.1, 0.15) is 12.3 Å². The number of aliphatic carboxylic acids is 1. The van der Waals surface area contributed by atoms with Gasteiger partial charge in [-0.3, -0.25) is 9.59 Å². The maximum atomic E-state index is 11.8. The summed E-state index contributed by atoms with van der Waals surface area (Å²) in [6.45, 7) is 2.42. The predicted octanol–water partition coefficient (Wildman–Crippen LogP) is 0.674. The number of carbonyl (C=O) groups excluding carboxylic acids is 3. The number of quaternary nitrogens is 1. The van der Waals surface area contributed by atoms with Gasteiger partial charge in [0.2, 0.25) is 0 Å². The minimum atomic E-state index is -1.24. The predicted molar refractivity (Wildman–Crippen MR) is 80.8 cm³/mol. The van der Waals surface area contributed by atoms with Gasteiger partial charge in [0.05, 0.1) is 21.1 Å². The molecule has 0 heterocycles. The summed E-state index contributed by atoms with van der Waals surface area (Å²) in [4.78, 5) is 34.0. The van der Waals surface area contributed by atoms with Gasteiger partial charge >= 0.3 is 5.97 Å². The number of unbranched alkanes of at least 4 members (excludes halogenated alkanes) is 1. The van der Waals surface area contributed by atoms with Crippen LogP contribution in [0.4, 0.5) is 0 Å². The van der Waals surface area contributed by atoms with Gasteiger partial charge in [-0.15, -0.1) is 0 Å². The van der Waals surface area contributed by atoms with Crippen LogP contribution in [0.15, 0.2) is 0 Å². The number of ketones is 1. The molecule has 128 valence electrons. The summed E-state index contributed by atoms with van der Waals surface area (Å²) < 4.78 is 5.70. The Morgan fingerprint density at radius 1 is 1.05 bits per heavy atom. The highest BCUT2D eigenvalue weighted by Crippen LogP contribution is 2.09. The lowest BCUT2D eigenvalue weighted by Crippen LogP contribution is -2.45. The lowest BCUT2D eigenvalue weighted by molar-refractivity contribution is -0.873. The summed E-state index contributed by atoms with van der Waals surface area (Å²) >= 11 is 0. The number of rotatable bonds is 12. The second-order valence-electron chi connectivity index (χ2n) is 6.66. The molecule has 0 spiro atoms. The van der Waals surface area contributed by atoms with Crippen molar-refractivity contribution in [3.05, 3.63) is 0 Å². The number of Topliss-reactive ketones (excluding diaryl/α,β-unsaturated/α-hetero) is 1. The van der Waals surface area contributed by atoms with E-state index in [0.717, 1.165) is 12.8 Å². The lowest BCUT2D eigenvalue weighted by atomic mass is 10.1. The van der Waals surface area contributed by atoms with E-state index in [4.69, 9.17) is 4.74 Å². The molecule has 0 rings (SSSR count). The smallest absolute Gasteiger partial charge is 0.306 e. The van der Waals surface area contributed by atoms with Crippen molar-refractivity contribution in [2.75, 3.05) is 27.7 Å². The van der Waals surface area contributed by atoms with E-state index in [0.29, 0.717) is 30.3 Å². The Kier molecular flexibility index (Phi) is 9.65. The van der Waals surface area contributed by atoms with Gasteiger partial charge in [-0.2, -0.15) is 0 Å². The van der Waals surface area contributed by atoms with Crippen molar-refractivity contribution in [2.24, 2.45) is 0 Å². The highest BCUT2D eigenvalue weighted by molar-refractivity contribution is 5.79. The molecule has 0 aromatic carbocycles. The van der Waals surface area contributed by atoms with Crippen LogP contribution < -0.4 is 5.11 Å². The van der Waals surface area contributed by atoms with E-state index in [2.05, 4.69) is 0 Å². The zero-order valence-corrected chi connectivity index (χ0v) is 14.2. The third-order valence-electron chi connectivity index (χ3n) is 3.09. The van der Waals surface area contributed by atoms with Crippen molar-refractivity contribution in [3.63, 3.8) is 0 Å². The van der Waals surface area contributed by atoms with Crippen molar-refractivity contribution in [3.8, 4) is 0 Å². The van der Waals surface area contributed by atoms with Gasteiger partial charge in [-0.1, -0.05) is 13.3 Å². The number of carboxylic acids is 1. The normalized spacial score (nSPS) is 12.7. The van der Waals surface area contributed by atoms with Crippen LogP contribution in [0.2, 0.25) is 0 Å². The summed E-state index contributed by atoms with van der Waals surface area (Å²) in [5.41, 5.74) is 0. The maximum Gasteiger partial charge on any atom is 0.306 e. The van der Waals surface area contributed by atoms with E-state index >= 15 is 0 Å². The SMILES string of the molecule is CCCCC(=O)CCCC(=O)OC(CC(=O)[O-])C[N+](C)(C)C. The number of hydrogen-bond donors (Lipinski definition) is 0. The van der Waals surface area contributed by atoms with Crippen molar-refractivity contribution in [1.82, 2.24) is 0 Å². The van der Waals surface area contributed by atoms with Gasteiger partial charge < -0.3 is 19.1 Å². The van der Waals surface area contributed by atoms with Crippen LogP contribution in [0.5, 0.6) is 0 Å².